The fourth-order valence-corrected chi connectivity index (χ4v) is 2.70. The van der Waals surface area contributed by atoms with Gasteiger partial charge in [0.05, 0.1) is 11.6 Å². The molecule has 0 saturated heterocycles. The molecule has 0 radical (unpaired) electrons. The van der Waals surface area contributed by atoms with Crippen LogP contribution in [0.25, 0.3) is 0 Å². The van der Waals surface area contributed by atoms with Gasteiger partial charge >= 0.3 is 0 Å². The van der Waals surface area contributed by atoms with Gasteiger partial charge in [-0.3, -0.25) is 0 Å². The van der Waals surface area contributed by atoms with Crippen LogP contribution in [-0.2, 0) is 5.75 Å². The Morgan fingerprint density at radius 3 is 2.78 bits per heavy atom. The number of hydrogen-bond acceptors (Lipinski definition) is 4. The molecule has 0 bridgehead atoms. The van der Waals surface area contributed by atoms with E-state index < -0.39 is 0 Å². The molecule has 2 aromatic rings. The monoisotopic (exact) mass is 256 g/mol. The van der Waals surface area contributed by atoms with Gasteiger partial charge in [0.1, 0.15) is 6.33 Å². The number of nitriles is 1. The van der Waals surface area contributed by atoms with Gasteiger partial charge in [0.2, 0.25) is 0 Å². The molecular formula is C13H12N4S. The molecular weight excluding hydrogens is 244 g/mol. The number of benzene rings is 1. The molecule has 0 spiro atoms. The first-order chi connectivity index (χ1) is 8.86. The molecule has 0 amide bonds. The van der Waals surface area contributed by atoms with Gasteiger partial charge in [0.25, 0.3) is 0 Å². The van der Waals surface area contributed by atoms with E-state index in [1.54, 1.807) is 11.8 Å². The Bertz CT molecular complexity index is 578. The lowest BCUT2D eigenvalue weighted by Gasteiger charge is -2.04. The fraction of sp³-hybridized carbons (Fsp3) is 0.308. The summed E-state index contributed by atoms with van der Waals surface area (Å²) in [6, 6.07) is 10.4. The SMILES string of the molecule is N#Cc1ccc(CSc2nncn2C2CC2)cc1. The molecule has 1 aromatic heterocycles. The second-order valence-corrected chi connectivity index (χ2v) is 5.29. The van der Waals surface area contributed by atoms with Crippen molar-refractivity contribution in [1.82, 2.24) is 14.8 Å². The Kier molecular flexibility index (Phi) is 3.03. The van der Waals surface area contributed by atoms with Gasteiger partial charge < -0.3 is 4.57 Å². The van der Waals surface area contributed by atoms with E-state index in [0.717, 1.165) is 10.9 Å². The minimum atomic E-state index is 0.614. The molecule has 0 atom stereocenters. The molecule has 5 heteroatoms. The highest BCUT2D eigenvalue weighted by atomic mass is 32.2. The lowest BCUT2D eigenvalue weighted by molar-refractivity contribution is 0.663. The highest BCUT2D eigenvalue weighted by molar-refractivity contribution is 7.98. The summed E-state index contributed by atoms with van der Waals surface area (Å²) >= 11 is 1.70. The first kappa shape index (κ1) is 11.3. The molecule has 1 aromatic carbocycles. The molecule has 18 heavy (non-hydrogen) atoms. The molecule has 1 aliphatic rings. The molecule has 0 N–H and O–H groups in total. The molecule has 90 valence electrons. The number of thioether (sulfide) groups is 1. The van der Waals surface area contributed by atoms with Gasteiger partial charge in [0.15, 0.2) is 5.16 Å². The van der Waals surface area contributed by atoms with Gasteiger partial charge in [-0.1, -0.05) is 23.9 Å². The summed E-state index contributed by atoms with van der Waals surface area (Å²) in [6.45, 7) is 0. The van der Waals surface area contributed by atoms with Crippen LogP contribution in [-0.4, -0.2) is 14.8 Å². The van der Waals surface area contributed by atoms with Crippen LogP contribution < -0.4 is 0 Å². The highest BCUT2D eigenvalue weighted by Crippen LogP contribution is 2.37. The number of rotatable bonds is 4. The zero-order valence-electron chi connectivity index (χ0n) is 9.78. The molecule has 1 fully saturated rings. The Balaban J connectivity index is 1.66. The maximum Gasteiger partial charge on any atom is 0.191 e. The standard InChI is InChI=1S/C13H12N4S/c14-7-10-1-3-11(4-2-10)8-18-13-16-15-9-17(13)12-5-6-12/h1-4,9,12H,5-6,8H2. The summed E-state index contributed by atoms with van der Waals surface area (Å²) in [5, 5.41) is 17.8. The largest absolute Gasteiger partial charge is 0.306 e. The predicted octanol–water partition coefficient (Wildman–Crippen LogP) is 2.78. The predicted molar refractivity (Wildman–Crippen MR) is 69.0 cm³/mol. The van der Waals surface area contributed by atoms with Crippen LogP contribution in [0, 0.1) is 11.3 Å². The first-order valence-electron chi connectivity index (χ1n) is 5.88. The van der Waals surface area contributed by atoms with Crippen molar-refractivity contribution in [2.75, 3.05) is 0 Å². The van der Waals surface area contributed by atoms with Crippen molar-refractivity contribution in [1.29, 1.82) is 5.26 Å². The average molecular weight is 256 g/mol. The van der Waals surface area contributed by atoms with Crippen LogP contribution >= 0.6 is 11.8 Å². The normalized spacial score (nSPS) is 14.4. The molecule has 1 saturated carbocycles. The van der Waals surface area contributed by atoms with Crippen molar-refractivity contribution < 1.29 is 0 Å². The maximum absolute atomic E-state index is 8.74. The summed E-state index contributed by atoms with van der Waals surface area (Å²) in [5.41, 5.74) is 1.90. The van der Waals surface area contributed by atoms with Crippen molar-refractivity contribution in [3.8, 4) is 6.07 Å². The van der Waals surface area contributed by atoms with Crippen molar-refractivity contribution in [2.45, 2.75) is 29.8 Å². The smallest absolute Gasteiger partial charge is 0.191 e. The van der Waals surface area contributed by atoms with Gasteiger partial charge in [-0.05, 0) is 30.5 Å². The molecule has 3 rings (SSSR count). The molecule has 1 aliphatic carbocycles. The fourth-order valence-electron chi connectivity index (χ4n) is 1.76. The number of aromatic nitrogens is 3. The van der Waals surface area contributed by atoms with Gasteiger partial charge in [-0.2, -0.15) is 5.26 Å². The van der Waals surface area contributed by atoms with E-state index in [-0.39, 0.29) is 0 Å². The van der Waals surface area contributed by atoms with Gasteiger partial charge in [-0.15, -0.1) is 10.2 Å². The molecule has 0 aliphatic heterocycles. The van der Waals surface area contributed by atoms with Crippen molar-refractivity contribution >= 4 is 11.8 Å². The highest BCUT2D eigenvalue weighted by Gasteiger charge is 2.26. The van der Waals surface area contributed by atoms with Crippen LogP contribution in [0.5, 0.6) is 0 Å². The third-order valence-corrected chi connectivity index (χ3v) is 3.96. The van der Waals surface area contributed by atoms with E-state index in [2.05, 4.69) is 20.8 Å². The van der Waals surface area contributed by atoms with E-state index in [1.807, 2.05) is 30.6 Å². The third-order valence-electron chi connectivity index (χ3n) is 2.93. The zero-order chi connectivity index (χ0) is 12.4. The summed E-state index contributed by atoms with van der Waals surface area (Å²) in [5.74, 6) is 0.858. The summed E-state index contributed by atoms with van der Waals surface area (Å²) in [6.07, 6.45) is 4.30. The van der Waals surface area contributed by atoms with Crippen LogP contribution in [0.15, 0.2) is 35.7 Å². The Hall–Kier alpha value is -1.80. The van der Waals surface area contributed by atoms with E-state index >= 15 is 0 Å². The lowest BCUT2D eigenvalue weighted by Crippen LogP contribution is -1.94. The van der Waals surface area contributed by atoms with Crippen molar-refractivity contribution in [3.05, 3.63) is 41.7 Å². The molecule has 4 nitrogen and oxygen atoms in total. The number of nitrogens with zero attached hydrogens (tertiary/aromatic N) is 4. The zero-order valence-corrected chi connectivity index (χ0v) is 10.6. The third kappa shape index (κ3) is 2.39. The Morgan fingerprint density at radius 2 is 2.11 bits per heavy atom. The summed E-state index contributed by atoms with van der Waals surface area (Å²) in [4.78, 5) is 0. The molecule has 1 heterocycles. The van der Waals surface area contributed by atoms with Crippen molar-refractivity contribution in [2.24, 2.45) is 0 Å². The van der Waals surface area contributed by atoms with E-state index in [4.69, 9.17) is 5.26 Å². The van der Waals surface area contributed by atoms with Crippen LogP contribution in [0.4, 0.5) is 0 Å². The minimum absolute atomic E-state index is 0.614. The van der Waals surface area contributed by atoms with Crippen LogP contribution in [0.3, 0.4) is 0 Å². The average Bonchev–Trinajstić information content (AvgIpc) is 3.16. The van der Waals surface area contributed by atoms with E-state index in [1.165, 1.54) is 18.4 Å². The minimum Gasteiger partial charge on any atom is -0.306 e. The first-order valence-corrected chi connectivity index (χ1v) is 6.87. The van der Waals surface area contributed by atoms with Crippen LogP contribution in [0.2, 0.25) is 0 Å². The second kappa shape index (κ2) is 4.83. The number of hydrogen-bond donors (Lipinski definition) is 0. The second-order valence-electron chi connectivity index (χ2n) is 4.35. The van der Waals surface area contributed by atoms with Gasteiger partial charge in [-0.25, -0.2) is 0 Å². The van der Waals surface area contributed by atoms with Crippen molar-refractivity contribution in [3.63, 3.8) is 0 Å². The van der Waals surface area contributed by atoms with E-state index in [9.17, 15) is 0 Å². The maximum atomic E-state index is 8.74. The van der Waals surface area contributed by atoms with Gasteiger partial charge in [0, 0.05) is 11.8 Å². The molecule has 0 unspecified atom stereocenters. The summed E-state index contributed by atoms with van der Waals surface area (Å²) < 4.78 is 2.16. The Morgan fingerprint density at radius 1 is 1.33 bits per heavy atom. The Labute approximate surface area is 110 Å². The van der Waals surface area contributed by atoms with Crippen LogP contribution in [0.1, 0.15) is 30.0 Å². The summed E-state index contributed by atoms with van der Waals surface area (Å²) in [7, 11) is 0. The topological polar surface area (TPSA) is 54.5 Å². The lowest BCUT2D eigenvalue weighted by atomic mass is 10.2. The quantitative estimate of drug-likeness (QED) is 0.789. The van der Waals surface area contributed by atoms with E-state index in [0.29, 0.717) is 11.6 Å².